The maximum absolute atomic E-state index is 12.2. The average molecular weight is 379 g/mol. The van der Waals surface area contributed by atoms with E-state index >= 15 is 0 Å². The predicted octanol–water partition coefficient (Wildman–Crippen LogP) is 2.68. The van der Waals surface area contributed by atoms with Gasteiger partial charge < -0.3 is 15.2 Å². The minimum absolute atomic E-state index is 0.181. The molecule has 2 N–H and O–H groups in total. The highest BCUT2D eigenvalue weighted by molar-refractivity contribution is 6.30. The number of halogens is 1. The summed E-state index contributed by atoms with van der Waals surface area (Å²) in [6, 6.07) is 8.51. The van der Waals surface area contributed by atoms with E-state index in [1.807, 2.05) is 0 Å². The third-order valence-electron chi connectivity index (χ3n) is 3.61. The molecule has 8 nitrogen and oxygen atoms in total. The summed E-state index contributed by atoms with van der Waals surface area (Å²) in [6.45, 7) is 0. The Kier molecular flexibility index (Phi) is 6.13. The molecule has 0 fully saturated rings. The summed E-state index contributed by atoms with van der Waals surface area (Å²) in [5, 5.41) is 23.2. The molecule has 2 rings (SSSR count). The first kappa shape index (κ1) is 19.2. The van der Waals surface area contributed by atoms with Crippen molar-refractivity contribution in [3.05, 3.63) is 68.7 Å². The van der Waals surface area contributed by atoms with Gasteiger partial charge in [0, 0.05) is 34.7 Å². The van der Waals surface area contributed by atoms with Gasteiger partial charge in [-0.2, -0.15) is 0 Å². The fraction of sp³-hybridized carbons (Fsp3) is 0.176. The second-order valence-electron chi connectivity index (χ2n) is 5.33. The van der Waals surface area contributed by atoms with E-state index in [1.54, 1.807) is 0 Å². The minimum Gasteiger partial charge on any atom is -0.496 e. The number of non-ortho nitro benzene ring substituents is 1. The number of hydrogen-bond acceptors (Lipinski definition) is 5. The van der Waals surface area contributed by atoms with Gasteiger partial charge in [0.15, 0.2) is 0 Å². The van der Waals surface area contributed by atoms with E-state index in [-0.39, 0.29) is 17.7 Å². The second-order valence-corrected chi connectivity index (χ2v) is 5.76. The van der Waals surface area contributed by atoms with Crippen LogP contribution in [-0.2, 0) is 11.2 Å². The van der Waals surface area contributed by atoms with Gasteiger partial charge in [-0.3, -0.25) is 14.9 Å². The number of amides is 1. The summed E-state index contributed by atoms with van der Waals surface area (Å²) in [6.07, 6.45) is -0.181. The molecular formula is C17H15ClN2O6. The molecule has 0 unspecified atom stereocenters. The molecule has 0 radical (unpaired) electrons. The Morgan fingerprint density at radius 3 is 2.46 bits per heavy atom. The average Bonchev–Trinajstić information content (AvgIpc) is 2.61. The topological polar surface area (TPSA) is 119 Å². The Hall–Kier alpha value is -3.13. The third kappa shape index (κ3) is 4.70. The lowest BCUT2D eigenvalue weighted by atomic mass is 10.0. The number of nitro benzene ring substituents is 1. The van der Waals surface area contributed by atoms with Crippen molar-refractivity contribution in [3.8, 4) is 5.75 Å². The van der Waals surface area contributed by atoms with E-state index in [4.69, 9.17) is 16.3 Å². The SMILES string of the molecule is COc1ccc([N+](=O)[O-])cc1C[C@H](NC(=O)c1ccc(Cl)cc1)C(=O)O. The lowest BCUT2D eigenvalue weighted by molar-refractivity contribution is -0.384. The number of nitrogens with zero attached hydrogens (tertiary/aromatic N) is 1. The summed E-state index contributed by atoms with van der Waals surface area (Å²) < 4.78 is 5.12. The zero-order valence-electron chi connectivity index (χ0n) is 13.6. The van der Waals surface area contributed by atoms with Crippen LogP contribution in [0.15, 0.2) is 42.5 Å². The molecule has 0 bridgehead atoms. The van der Waals surface area contributed by atoms with Crippen molar-refractivity contribution in [1.29, 1.82) is 0 Å². The first-order valence-corrected chi connectivity index (χ1v) is 7.80. The van der Waals surface area contributed by atoms with Crippen LogP contribution in [-0.4, -0.2) is 35.1 Å². The van der Waals surface area contributed by atoms with Gasteiger partial charge in [0.1, 0.15) is 11.8 Å². The lowest BCUT2D eigenvalue weighted by Gasteiger charge is -2.16. The van der Waals surface area contributed by atoms with E-state index in [0.717, 1.165) is 0 Å². The number of ether oxygens (including phenoxy) is 1. The Bertz CT molecular complexity index is 838. The Balaban J connectivity index is 2.24. The number of hydrogen-bond donors (Lipinski definition) is 2. The number of nitrogens with one attached hydrogen (secondary N) is 1. The van der Waals surface area contributed by atoms with Crippen LogP contribution in [0.2, 0.25) is 5.02 Å². The van der Waals surface area contributed by atoms with Crippen LogP contribution in [0.3, 0.4) is 0 Å². The molecule has 1 amide bonds. The Morgan fingerprint density at radius 2 is 1.92 bits per heavy atom. The number of carboxylic acids is 1. The first-order valence-electron chi connectivity index (χ1n) is 7.42. The van der Waals surface area contributed by atoms with Gasteiger partial charge in [0.25, 0.3) is 11.6 Å². The molecule has 0 aliphatic carbocycles. The fourth-order valence-electron chi connectivity index (χ4n) is 2.30. The molecule has 0 saturated heterocycles. The Labute approximate surface area is 153 Å². The van der Waals surface area contributed by atoms with Crippen LogP contribution in [0.1, 0.15) is 15.9 Å². The van der Waals surface area contributed by atoms with Crippen LogP contribution in [0.25, 0.3) is 0 Å². The number of rotatable bonds is 7. The minimum atomic E-state index is -1.30. The van der Waals surface area contributed by atoms with Crippen molar-refractivity contribution >= 4 is 29.2 Å². The first-order chi connectivity index (χ1) is 12.3. The zero-order chi connectivity index (χ0) is 19.3. The van der Waals surface area contributed by atoms with E-state index in [1.165, 1.54) is 49.6 Å². The molecule has 26 heavy (non-hydrogen) atoms. The molecule has 1 atom stereocenters. The second kappa shape index (κ2) is 8.30. The van der Waals surface area contributed by atoms with Gasteiger partial charge in [0.05, 0.1) is 12.0 Å². The Morgan fingerprint density at radius 1 is 1.27 bits per heavy atom. The monoisotopic (exact) mass is 378 g/mol. The molecule has 136 valence electrons. The largest absolute Gasteiger partial charge is 0.496 e. The van der Waals surface area contributed by atoms with Gasteiger partial charge in [-0.05, 0) is 30.3 Å². The van der Waals surface area contributed by atoms with Crippen molar-refractivity contribution in [2.75, 3.05) is 7.11 Å². The highest BCUT2D eigenvalue weighted by Gasteiger charge is 2.24. The fourth-order valence-corrected chi connectivity index (χ4v) is 2.43. The summed E-state index contributed by atoms with van der Waals surface area (Å²) in [4.78, 5) is 34.1. The molecule has 0 aliphatic rings. The van der Waals surface area contributed by atoms with Gasteiger partial charge in [-0.15, -0.1) is 0 Å². The molecule has 0 aromatic heterocycles. The highest BCUT2D eigenvalue weighted by Crippen LogP contribution is 2.25. The van der Waals surface area contributed by atoms with Crippen molar-refractivity contribution in [2.24, 2.45) is 0 Å². The highest BCUT2D eigenvalue weighted by atomic mass is 35.5. The summed E-state index contributed by atoms with van der Waals surface area (Å²) in [5.41, 5.74) is 0.339. The van der Waals surface area contributed by atoms with E-state index in [9.17, 15) is 24.8 Å². The lowest BCUT2D eigenvalue weighted by Crippen LogP contribution is -2.42. The number of benzene rings is 2. The molecule has 2 aromatic carbocycles. The van der Waals surface area contributed by atoms with Crippen LogP contribution < -0.4 is 10.1 Å². The van der Waals surface area contributed by atoms with E-state index in [2.05, 4.69) is 5.32 Å². The van der Waals surface area contributed by atoms with Crippen molar-refractivity contribution in [1.82, 2.24) is 5.32 Å². The molecule has 0 spiro atoms. The number of carbonyl (C=O) groups excluding carboxylic acids is 1. The number of carboxylic acid groups (broad SMARTS) is 1. The van der Waals surface area contributed by atoms with Gasteiger partial charge in [-0.25, -0.2) is 4.79 Å². The molecule has 2 aromatic rings. The van der Waals surface area contributed by atoms with Gasteiger partial charge in [0.2, 0.25) is 0 Å². The molecule has 0 aliphatic heterocycles. The third-order valence-corrected chi connectivity index (χ3v) is 3.86. The van der Waals surface area contributed by atoms with Crippen LogP contribution in [0, 0.1) is 10.1 Å². The van der Waals surface area contributed by atoms with Crippen molar-refractivity contribution in [3.63, 3.8) is 0 Å². The summed E-state index contributed by atoms with van der Waals surface area (Å²) in [5.74, 6) is -1.58. The number of carbonyl (C=O) groups is 2. The summed E-state index contributed by atoms with van der Waals surface area (Å²) in [7, 11) is 1.37. The van der Waals surface area contributed by atoms with Crippen LogP contribution in [0.5, 0.6) is 5.75 Å². The molecule has 9 heteroatoms. The van der Waals surface area contributed by atoms with Crippen molar-refractivity contribution in [2.45, 2.75) is 12.5 Å². The number of nitro groups is 1. The molecule has 0 saturated carbocycles. The number of aliphatic carboxylic acids is 1. The maximum atomic E-state index is 12.2. The molecular weight excluding hydrogens is 364 g/mol. The van der Waals surface area contributed by atoms with Gasteiger partial charge in [-0.1, -0.05) is 11.6 Å². The smallest absolute Gasteiger partial charge is 0.326 e. The predicted molar refractivity (Wildman–Crippen MR) is 93.7 cm³/mol. The van der Waals surface area contributed by atoms with Gasteiger partial charge >= 0.3 is 5.97 Å². The van der Waals surface area contributed by atoms with Crippen molar-refractivity contribution < 1.29 is 24.4 Å². The zero-order valence-corrected chi connectivity index (χ0v) is 14.4. The van der Waals surface area contributed by atoms with E-state index in [0.29, 0.717) is 16.3 Å². The van der Waals surface area contributed by atoms with Crippen LogP contribution >= 0.6 is 11.6 Å². The summed E-state index contributed by atoms with van der Waals surface area (Å²) >= 11 is 5.76. The normalized spacial score (nSPS) is 11.5. The quantitative estimate of drug-likeness (QED) is 0.564. The maximum Gasteiger partial charge on any atom is 0.326 e. The number of methoxy groups -OCH3 is 1. The van der Waals surface area contributed by atoms with Crippen LogP contribution in [0.4, 0.5) is 5.69 Å². The van der Waals surface area contributed by atoms with E-state index < -0.39 is 22.8 Å². The standard InChI is InChI=1S/C17H15ClN2O6/c1-26-15-7-6-13(20(24)25)8-11(15)9-14(17(22)23)19-16(21)10-2-4-12(18)5-3-10/h2-8,14H,9H2,1H3,(H,19,21)(H,22,23)/t14-/m0/s1. The molecule has 0 heterocycles.